The van der Waals surface area contributed by atoms with E-state index in [1.165, 1.54) is 21.3 Å². The molecule has 5 nitrogen and oxygen atoms in total. The molecule has 1 unspecified atom stereocenters. The molecule has 9 heteroatoms. The zero-order valence-corrected chi connectivity index (χ0v) is 12.3. The molecule has 0 aliphatic carbocycles. The monoisotopic (exact) mass is 314 g/mol. The zero-order valence-electron chi connectivity index (χ0n) is 9.11. The van der Waals surface area contributed by atoms with Crippen molar-refractivity contribution >= 4 is 42.4 Å². The number of ether oxygens (including phenoxy) is 2. The smallest absolute Gasteiger partial charge is 0.363 e. The van der Waals surface area contributed by atoms with Gasteiger partial charge >= 0.3 is 7.60 Å². The number of hydrogen-bond acceptors (Lipinski definition) is 5. The Morgan fingerprint density at radius 3 is 1.94 bits per heavy atom. The van der Waals surface area contributed by atoms with Crippen molar-refractivity contribution in [1.29, 1.82) is 0 Å². The van der Waals surface area contributed by atoms with Crippen LogP contribution in [0.3, 0.4) is 0 Å². The third-order valence-electron chi connectivity index (χ3n) is 1.64. The van der Waals surface area contributed by atoms with Crippen LogP contribution in [0.25, 0.3) is 0 Å². The molecule has 0 aliphatic rings. The first-order valence-electron chi connectivity index (χ1n) is 4.20. The van der Waals surface area contributed by atoms with Gasteiger partial charge in [-0.3, -0.25) is 4.57 Å². The molecule has 0 aromatic carbocycles. The minimum atomic E-state index is -3.63. The summed E-state index contributed by atoms with van der Waals surface area (Å²) < 4.78 is 29.5. The van der Waals surface area contributed by atoms with Crippen LogP contribution in [0.15, 0.2) is 0 Å². The second-order valence-electron chi connectivity index (χ2n) is 2.66. The Hall–Kier alpha value is 0.940. The van der Waals surface area contributed by atoms with Crippen molar-refractivity contribution in [2.45, 2.75) is 9.64 Å². The maximum Gasteiger partial charge on any atom is 0.363 e. The molecular weight excluding hydrogens is 301 g/mol. The fourth-order valence-corrected chi connectivity index (χ4v) is 3.32. The zero-order chi connectivity index (χ0) is 12.8. The van der Waals surface area contributed by atoms with Crippen LogP contribution in [0.5, 0.6) is 0 Å². The van der Waals surface area contributed by atoms with E-state index < -0.39 is 17.2 Å². The Morgan fingerprint density at radius 2 is 1.62 bits per heavy atom. The normalized spacial score (nSPS) is 15.1. The van der Waals surface area contributed by atoms with Crippen LogP contribution in [0.4, 0.5) is 0 Å². The van der Waals surface area contributed by atoms with Gasteiger partial charge in [-0.1, -0.05) is 34.8 Å². The van der Waals surface area contributed by atoms with Crippen molar-refractivity contribution < 1.29 is 23.1 Å². The van der Waals surface area contributed by atoms with Crippen molar-refractivity contribution in [3.63, 3.8) is 0 Å². The number of rotatable bonds is 7. The van der Waals surface area contributed by atoms with E-state index in [4.69, 9.17) is 53.3 Å². The molecule has 16 heavy (non-hydrogen) atoms. The predicted molar refractivity (Wildman–Crippen MR) is 63.5 cm³/mol. The van der Waals surface area contributed by atoms with E-state index >= 15 is 0 Å². The van der Waals surface area contributed by atoms with Gasteiger partial charge in [-0.15, -0.1) is 0 Å². The average Bonchev–Trinajstić information content (AvgIpc) is 2.22. The topological polar surface area (TPSA) is 54.0 Å². The van der Waals surface area contributed by atoms with Crippen LogP contribution in [0, 0.1) is 0 Å². The molecule has 0 saturated heterocycles. The predicted octanol–water partition coefficient (Wildman–Crippen LogP) is 2.83. The van der Waals surface area contributed by atoms with E-state index in [0.717, 1.165) is 0 Å². The minimum Gasteiger partial charge on any atom is -0.382 e. The number of alkyl halides is 3. The lowest BCUT2D eigenvalue weighted by Gasteiger charge is -2.29. The Bertz CT molecular complexity index is 237. The Kier molecular flexibility index (Phi) is 7.83. The van der Waals surface area contributed by atoms with Gasteiger partial charge < -0.3 is 18.5 Å². The van der Waals surface area contributed by atoms with Crippen LogP contribution in [0.1, 0.15) is 0 Å². The van der Waals surface area contributed by atoms with Gasteiger partial charge in [0.2, 0.25) is 9.64 Å². The van der Waals surface area contributed by atoms with Crippen molar-refractivity contribution in [1.82, 2.24) is 0 Å². The van der Waals surface area contributed by atoms with Gasteiger partial charge in [-0.05, 0) is 0 Å². The van der Waals surface area contributed by atoms with E-state index in [2.05, 4.69) is 0 Å². The molecule has 0 bridgehead atoms. The summed E-state index contributed by atoms with van der Waals surface area (Å²) in [6.07, 6.45) is 0. The lowest BCUT2D eigenvalue weighted by atomic mass is 10.7. The first-order valence-corrected chi connectivity index (χ1v) is 6.95. The molecule has 0 aliphatic heterocycles. The van der Waals surface area contributed by atoms with Crippen LogP contribution >= 0.6 is 42.4 Å². The van der Waals surface area contributed by atoms with Crippen LogP contribution in [-0.4, -0.2) is 44.2 Å². The van der Waals surface area contributed by atoms with Gasteiger partial charge in [0.15, 0.2) is 0 Å². The van der Waals surface area contributed by atoms with E-state index in [0.29, 0.717) is 0 Å². The van der Waals surface area contributed by atoms with Crippen LogP contribution < -0.4 is 0 Å². The molecular formula is C7H14Cl3O5P. The number of halogens is 3. The number of hydrogen-bond donors (Lipinski definition) is 0. The van der Waals surface area contributed by atoms with Crippen molar-refractivity contribution in [3.8, 4) is 0 Å². The average molecular weight is 316 g/mol. The van der Waals surface area contributed by atoms with Gasteiger partial charge in [0.05, 0.1) is 13.2 Å². The summed E-state index contributed by atoms with van der Waals surface area (Å²) in [6, 6.07) is 0. The lowest BCUT2D eigenvalue weighted by molar-refractivity contribution is 0.0395. The van der Waals surface area contributed by atoms with E-state index in [1.54, 1.807) is 0 Å². The third-order valence-corrected chi connectivity index (χ3v) is 4.82. The highest BCUT2D eigenvalue weighted by atomic mass is 35.6. The molecule has 0 fully saturated rings. The molecule has 0 rings (SSSR count). The fourth-order valence-electron chi connectivity index (χ4n) is 0.874. The van der Waals surface area contributed by atoms with Crippen LogP contribution in [0.2, 0.25) is 0 Å². The molecule has 0 aromatic rings. The van der Waals surface area contributed by atoms with E-state index in [1.807, 2.05) is 0 Å². The van der Waals surface area contributed by atoms with E-state index in [-0.39, 0.29) is 13.2 Å². The molecule has 0 aromatic heterocycles. The SMILES string of the molecule is COCCOC(C(Cl)(Cl)Cl)P(=O)(OC)OC. The van der Waals surface area contributed by atoms with Crippen molar-refractivity contribution in [3.05, 3.63) is 0 Å². The summed E-state index contributed by atoms with van der Waals surface area (Å²) in [5.41, 5.74) is 0. The van der Waals surface area contributed by atoms with Gasteiger partial charge in [0.1, 0.15) is 0 Å². The van der Waals surface area contributed by atoms with Gasteiger partial charge in [0.25, 0.3) is 0 Å². The molecule has 98 valence electrons. The van der Waals surface area contributed by atoms with Crippen LogP contribution in [-0.2, 0) is 23.1 Å². The fraction of sp³-hybridized carbons (Fsp3) is 1.00. The molecule has 0 radical (unpaired) electrons. The second-order valence-corrected chi connectivity index (χ2v) is 7.31. The quantitative estimate of drug-likeness (QED) is 0.411. The largest absolute Gasteiger partial charge is 0.382 e. The molecule has 0 heterocycles. The van der Waals surface area contributed by atoms with Gasteiger partial charge in [-0.25, -0.2) is 0 Å². The molecule has 0 N–H and O–H groups in total. The lowest BCUT2D eigenvalue weighted by Crippen LogP contribution is -2.31. The van der Waals surface area contributed by atoms with Crippen molar-refractivity contribution in [2.24, 2.45) is 0 Å². The summed E-state index contributed by atoms with van der Waals surface area (Å²) in [5.74, 6) is -1.31. The van der Waals surface area contributed by atoms with Gasteiger partial charge in [0, 0.05) is 21.3 Å². The third kappa shape index (κ3) is 5.07. The first kappa shape index (κ1) is 16.9. The molecule has 1 atom stereocenters. The molecule has 0 saturated carbocycles. The Morgan fingerprint density at radius 1 is 1.12 bits per heavy atom. The summed E-state index contributed by atoms with van der Waals surface area (Å²) >= 11 is 17.0. The number of methoxy groups -OCH3 is 1. The highest BCUT2D eigenvalue weighted by Crippen LogP contribution is 2.59. The molecule has 0 amide bonds. The summed E-state index contributed by atoms with van der Waals surface area (Å²) in [4.78, 5) is 0. The maximum absolute atomic E-state index is 12.0. The van der Waals surface area contributed by atoms with E-state index in [9.17, 15) is 4.57 Å². The van der Waals surface area contributed by atoms with Gasteiger partial charge in [-0.2, -0.15) is 0 Å². The maximum atomic E-state index is 12.0. The first-order chi connectivity index (χ1) is 7.31. The highest BCUT2D eigenvalue weighted by molar-refractivity contribution is 7.55. The van der Waals surface area contributed by atoms with Crippen molar-refractivity contribution in [2.75, 3.05) is 34.5 Å². The highest BCUT2D eigenvalue weighted by Gasteiger charge is 2.49. The summed E-state index contributed by atoms with van der Waals surface area (Å²) in [6.45, 7) is 0.371. The Labute approximate surface area is 110 Å². The summed E-state index contributed by atoms with van der Waals surface area (Å²) in [5, 5.41) is 0. The second kappa shape index (κ2) is 7.39. The summed E-state index contributed by atoms with van der Waals surface area (Å²) in [7, 11) is 0.235. The minimum absolute atomic E-state index is 0.103. The Balaban J connectivity index is 4.74. The standard InChI is InChI=1S/C7H14Cl3O5P/c1-12-4-5-15-6(7(8,9)10)16(11,13-2)14-3/h6H,4-5H2,1-3H3. The molecule has 0 spiro atoms.